The quantitative estimate of drug-likeness (QED) is 0.654. The van der Waals surface area contributed by atoms with Crippen molar-refractivity contribution in [3.05, 3.63) is 35.4 Å². The molecule has 2 aliphatic heterocycles. The predicted molar refractivity (Wildman–Crippen MR) is 120 cm³/mol. The van der Waals surface area contributed by atoms with Crippen LogP contribution >= 0.6 is 11.5 Å². The Bertz CT molecular complexity index is 974. The number of piperidine rings is 1. The number of nitrogens with zero attached hydrogens (tertiary/aromatic N) is 5. The molecule has 31 heavy (non-hydrogen) atoms. The summed E-state index contributed by atoms with van der Waals surface area (Å²) in [6.45, 7) is 7.38. The molecular formula is C21H28FN5O2S2. The van der Waals surface area contributed by atoms with Crippen LogP contribution < -0.4 is 4.90 Å². The Kier molecular flexibility index (Phi) is 6.57. The van der Waals surface area contributed by atoms with Crippen LogP contribution in [0.2, 0.25) is 0 Å². The summed E-state index contributed by atoms with van der Waals surface area (Å²) in [4.78, 5) is 24.0. The van der Waals surface area contributed by atoms with E-state index in [9.17, 15) is 13.4 Å². The molecule has 0 bridgehead atoms. The van der Waals surface area contributed by atoms with Gasteiger partial charge in [0.05, 0.1) is 6.54 Å². The highest BCUT2D eigenvalue weighted by molar-refractivity contribution is 7.84. The molecule has 10 heteroatoms. The van der Waals surface area contributed by atoms with E-state index in [0.717, 1.165) is 36.9 Å². The monoisotopic (exact) mass is 465 g/mol. The van der Waals surface area contributed by atoms with E-state index in [4.69, 9.17) is 0 Å². The van der Waals surface area contributed by atoms with Gasteiger partial charge in [-0.05, 0) is 25.0 Å². The highest BCUT2D eigenvalue weighted by Crippen LogP contribution is 2.28. The van der Waals surface area contributed by atoms with Crippen molar-refractivity contribution < 1.29 is 13.4 Å². The third kappa shape index (κ3) is 4.74. The zero-order valence-electron chi connectivity index (χ0n) is 18.1. The van der Waals surface area contributed by atoms with Gasteiger partial charge in [-0.1, -0.05) is 19.9 Å². The van der Waals surface area contributed by atoms with E-state index in [2.05, 4.69) is 28.1 Å². The van der Waals surface area contributed by atoms with Crippen molar-refractivity contribution in [1.82, 2.24) is 19.2 Å². The number of halogens is 1. The summed E-state index contributed by atoms with van der Waals surface area (Å²) < 4.78 is 30.4. The Morgan fingerprint density at radius 3 is 2.58 bits per heavy atom. The minimum absolute atomic E-state index is 0.0287. The van der Waals surface area contributed by atoms with E-state index in [1.807, 2.05) is 4.90 Å². The summed E-state index contributed by atoms with van der Waals surface area (Å²) in [6.07, 6.45) is 3.30. The molecule has 0 aliphatic carbocycles. The van der Waals surface area contributed by atoms with Gasteiger partial charge in [0, 0.05) is 77.2 Å². The van der Waals surface area contributed by atoms with E-state index in [0.29, 0.717) is 29.5 Å². The number of rotatable bonds is 6. The van der Waals surface area contributed by atoms with Gasteiger partial charge in [0.1, 0.15) is 11.6 Å². The molecule has 2 aromatic rings. The van der Waals surface area contributed by atoms with Crippen LogP contribution in [0.25, 0.3) is 0 Å². The van der Waals surface area contributed by atoms with Crippen LogP contribution in [-0.2, 0) is 17.3 Å². The molecule has 0 spiro atoms. The number of hydrogen-bond acceptors (Lipinski definition) is 6. The number of carbonyl (C=O) groups is 1. The molecule has 0 N–H and O–H groups in total. The lowest BCUT2D eigenvalue weighted by Crippen LogP contribution is -2.46. The third-order valence-electron chi connectivity index (χ3n) is 5.97. The Morgan fingerprint density at radius 1 is 1.23 bits per heavy atom. The Hall–Kier alpha value is -2.07. The van der Waals surface area contributed by atoms with Gasteiger partial charge in [-0.3, -0.25) is 4.21 Å². The molecule has 4 rings (SSSR count). The second-order valence-corrected chi connectivity index (χ2v) is 10.5. The van der Waals surface area contributed by atoms with Crippen LogP contribution in [0.3, 0.4) is 0 Å². The average molecular weight is 466 g/mol. The molecule has 3 heterocycles. The summed E-state index contributed by atoms with van der Waals surface area (Å²) in [6, 6.07) is 4.77. The van der Waals surface area contributed by atoms with E-state index >= 15 is 0 Å². The molecular weight excluding hydrogens is 437 g/mol. The van der Waals surface area contributed by atoms with Gasteiger partial charge in [0.15, 0.2) is 0 Å². The molecule has 2 amide bonds. The standard InChI is InChI=1S/C21H28FN5O2S2/c1-14(2)19-23-20(30-24-19)25-8-6-16(7-9-25)27-11-10-26(21(27)28)13-15-4-5-17(31(3)29)12-18(15)22/h4-5,12,14,16H,6-11,13H2,1-3H3. The number of hydrogen-bond donors (Lipinski definition) is 0. The zero-order chi connectivity index (χ0) is 22.1. The predicted octanol–water partition coefficient (Wildman–Crippen LogP) is 3.44. The van der Waals surface area contributed by atoms with Crippen molar-refractivity contribution in [2.75, 3.05) is 37.3 Å². The van der Waals surface area contributed by atoms with Gasteiger partial charge < -0.3 is 14.7 Å². The van der Waals surface area contributed by atoms with Crippen molar-refractivity contribution >= 4 is 33.5 Å². The van der Waals surface area contributed by atoms with Gasteiger partial charge in [0.25, 0.3) is 0 Å². The lowest BCUT2D eigenvalue weighted by atomic mass is 10.0. The van der Waals surface area contributed by atoms with E-state index in [1.165, 1.54) is 23.9 Å². The number of urea groups is 1. The maximum absolute atomic E-state index is 14.4. The first kappa shape index (κ1) is 22.1. The summed E-state index contributed by atoms with van der Waals surface area (Å²) in [5, 5.41) is 0.962. The van der Waals surface area contributed by atoms with Gasteiger partial charge in [-0.25, -0.2) is 14.2 Å². The minimum Gasteiger partial charge on any atom is -0.347 e. The lowest BCUT2D eigenvalue weighted by Gasteiger charge is -2.36. The maximum atomic E-state index is 14.4. The van der Waals surface area contributed by atoms with Crippen LogP contribution in [0.1, 0.15) is 44.0 Å². The molecule has 168 valence electrons. The highest BCUT2D eigenvalue weighted by atomic mass is 32.2. The van der Waals surface area contributed by atoms with Gasteiger partial charge in [-0.2, -0.15) is 4.37 Å². The number of carbonyl (C=O) groups excluding carboxylic acids is 1. The van der Waals surface area contributed by atoms with Crippen molar-refractivity contribution in [3.8, 4) is 0 Å². The van der Waals surface area contributed by atoms with Crippen molar-refractivity contribution in [2.24, 2.45) is 0 Å². The average Bonchev–Trinajstić information content (AvgIpc) is 3.37. The lowest BCUT2D eigenvalue weighted by molar-refractivity contribution is 0.167. The molecule has 1 aromatic carbocycles. The summed E-state index contributed by atoms with van der Waals surface area (Å²) in [5.74, 6) is 0.795. The van der Waals surface area contributed by atoms with Crippen LogP contribution in [0, 0.1) is 5.82 Å². The first-order chi connectivity index (χ1) is 14.8. The Morgan fingerprint density at radius 2 is 1.97 bits per heavy atom. The van der Waals surface area contributed by atoms with Crippen LogP contribution in [0.4, 0.5) is 14.3 Å². The molecule has 7 nitrogen and oxygen atoms in total. The highest BCUT2D eigenvalue weighted by Gasteiger charge is 2.36. The minimum atomic E-state index is -1.23. The molecule has 0 saturated carbocycles. The maximum Gasteiger partial charge on any atom is 0.320 e. The second-order valence-electron chi connectivity index (χ2n) is 8.41. The number of benzene rings is 1. The largest absolute Gasteiger partial charge is 0.347 e. The number of aromatic nitrogens is 2. The fourth-order valence-electron chi connectivity index (χ4n) is 4.09. The number of anilines is 1. The van der Waals surface area contributed by atoms with E-state index < -0.39 is 16.6 Å². The molecule has 1 atom stereocenters. The van der Waals surface area contributed by atoms with Crippen LogP contribution in [0.5, 0.6) is 0 Å². The van der Waals surface area contributed by atoms with Crippen LogP contribution in [0.15, 0.2) is 23.1 Å². The molecule has 2 aliphatic rings. The fourth-order valence-corrected chi connectivity index (χ4v) is 5.47. The zero-order valence-corrected chi connectivity index (χ0v) is 19.7. The van der Waals surface area contributed by atoms with Crippen molar-refractivity contribution in [3.63, 3.8) is 0 Å². The summed E-state index contributed by atoms with van der Waals surface area (Å²) in [5.41, 5.74) is 0.455. The first-order valence-electron chi connectivity index (χ1n) is 10.6. The Labute approximate surface area is 188 Å². The molecule has 0 radical (unpaired) electrons. The van der Waals surface area contributed by atoms with Gasteiger partial charge in [0.2, 0.25) is 5.13 Å². The molecule has 2 fully saturated rings. The SMILES string of the molecule is CC(C)c1nsc(N2CCC(N3CCN(Cc4ccc(S(C)=O)cc4F)C3=O)CC2)n1. The first-order valence-corrected chi connectivity index (χ1v) is 12.9. The van der Waals surface area contributed by atoms with Crippen LogP contribution in [-0.4, -0.2) is 67.9 Å². The normalized spacial score (nSPS) is 19.0. The van der Waals surface area contributed by atoms with E-state index in [1.54, 1.807) is 17.0 Å². The van der Waals surface area contributed by atoms with Crippen molar-refractivity contribution in [2.45, 2.75) is 50.1 Å². The third-order valence-corrected chi connectivity index (χ3v) is 7.68. The van der Waals surface area contributed by atoms with Crippen molar-refractivity contribution in [1.29, 1.82) is 0 Å². The summed E-state index contributed by atoms with van der Waals surface area (Å²) >= 11 is 1.45. The summed E-state index contributed by atoms with van der Waals surface area (Å²) in [7, 11) is -1.23. The van der Waals surface area contributed by atoms with Gasteiger partial charge >= 0.3 is 6.03 Å². The second kappa shape index (κ2) is 9.20. The number of amides is 2. The molecule has 1 aromatic heterocycles. The Balaban J connectivity index is 1.34. The topological polar surface area (TPSA) is 69.6 Å². The van der Waals surface area contributed by atoms with E-state index in [-0.39, 0.29) is 18.6 Å². The molecule has 2 saturated heterocycles. The fraction of sp³-hybridized carbons (Fsp3) is 0.571. The smallest absolute Gasteiger partial charge is 0.320 e. The molecule has 1 unspecified atom stereocenters. The van der Waals surface area contributed by atoms with Gasteiger partial charge in [-0.15, -0.1) is 0 Å².